The lowest BCUT2D eigenvalue weighted by molar-refractivity contribution is 0.102. The Morgan fingerprint density at radius 1 is 1.20 bits per heavy atom. The minimum Gasteiger partial charge on any atom is -0.322 e. The third-order valence-corrected chi connectivity index (χ3v) is 2.91. The van der Waals surface area contributed by atoms with Gasteiger partial charge in [0.2, 0.25) is 0 Å². The van der Waals surface area contributed by atoms with Gasteiger partial charge >= 0.3 is 0 Å². The van der Waals surface area contributed by atoms with Gasteiger partial charge in [-0.25, -0.2) is 4.98 Å². The summed E-state index contributed by atoms with van der Waals surface area (Å²) < 4.78 is 0. The maximum Gasteiger partial charge on any atom is 0.255 e. The van der Waals surface area contributed by atoms with E-state index >= 15 is 0 Å². The third-order valence-electron chi connectivity index (χ3n) is 2.52. The molecule has 0 spiro atoms. The van der Waals surface area contributed by atoms with E-state index in [1.165, 1.54) is 12.1 Å². The summed E-state index contributed by atoms with van der Waals surface area (Å²) in [6, 6.07) is 12.0. The fourth-order valence-corrected chi connectivity index (χ4v) is 2.06. The molecule has 0 atom stereocenters. The van der Waals surface area contributed by atoms with E-state index in [-0.39, 0.29) is 16.2 Å². The van der Waals surface area contributed by atoms with Crippen molar-refractivity contribution in [3.8, 4) is 6.07 Å². The fraction of sp³-hybridized carbons (Fsp3) is 0.0714. The summed E-state index contributed by atoms with van der Waals surface area (Å²) >= 11 is 11.5. The molecule has 1 aromatic heterocycles. The summed E-state index contributed by atoms with van der Waals surface area (Å²) in [6.45, 7) is 0. The number of anilines is 1. The molecule has 1 heterocycles. The maximum absolute atomic E-state index is 12.0. The standard InChI is InChI=1S/C14H9Cl2N3O/c15-12-7-10(8-13(16)19-12)14(20)18-11-3-1-9(2-4-11)5-6-17/h1-4,7-8H,5H2,(H,18,20). The van der Waals surface area contributed by atoms with Crippen LogP contribution >= 0.6 is 23.2 Å². The molecule has 0 aliphatic heterocycles. The van der Waals surface area contributed by atoms with Crippen molar-refractivity contribution in [2.75, 3.05) is 5.32 Å². The number of rotatable bonds is 3. The van der Waals surface area contributed by atoms with Crippen LogP contribution < -0.4 is 5.32 Å². The Labute approximate surface area is 126 Å². The molecule has 100 valence electrons. The quantitative estimate of drug-likeness (QED) is 0.879. The van der Waals surface area contributed by atoms with Crippen molar-refractivity contribution in [2.24, 2.45) is 0 Å². The molecule has 0 aliphatic carbocycles. The largest absolute Gasteiger partial charge is 0.322 e. The molecular weight excluding hydrogens is 297 g/mol. The summed E-state index contributed by atoms with van der Waals surface area (Å²) in [6.07, 6.45) is 0.337. The number of hydrogen-bond acceptors (Lipinski definition) is 3. The number of nitriles is 1. The second-order valence-electron chi connectivity index (χ2n) is 3.99. The van der Waals surface area contributed by atoms with Crippen molar-refractivity contribution < 1.29 is 4.79 Å². The van der Waals surface area contributed by atoms with Crippen molar-refractivity contribution in [1.82, 2.24) is 4.98 Å². The second-order valence-corrected chi connectivity index (χ2v) is 4.76. The molecule has 0 fully saturated rings. The first-order chi connectivity index (χ1) is 9.58. The van der Waals surface area contributed by atoms with Crippen molar-refractivity contribution in [3.63, 3.8) is 0 Å². The highest BCUT2D eigenvalue weighted by atomic mass is 35.5. The zero-order valence-electron chi connectivity index (χ0n) is 10.2. The number of amides is 1. The summed E-state index contributed by atoms with van der Waals surface area (Å²) in [4.78, 5) is 15.8. The van der Waals surface area contributed by atoms with Gasteiger partial charge in [0.15, 0.2) is 0 Å². The monoisotopic (exact) mass is 305 g/mol. The highest BCUT2D eigenvalue weighted by molar-refractivity contribution is 6.33. The average Bonchev–Trinajstić information content (AvgIpc) is 2.40. The molecule has 1 aromatic carbocycles. The van der Waals surface area contributed by atoms with Gasteiger partial charge in [-0.05, 0) is 29.8 Å². The number of nitrogens with zero attached hydrogens (tertiary/aromatic N) is 2. The lowest BCUT2D eigenvalue weighted by Gasteiger charge is -2.06. The Bertz CT molecular complexity index is 658. The van der Waals surface area contributed by atoms with Gasteiger partial charge < -0.3 is 5.32 Å². The van der Waals surface area contributed by atoms with E-state index in [0.29, 0.717) is 17.7 Å². The van der Waals surface area contributed by atoms with E-state index in [1.54, 1.807) is 24.3 Å². The van der Waals surface area contributed by atoms with Crippen molar-refractivity contribution in [3.05, 3.63) is 57.8 Å². The number of aromatic nitrogens is 1. The van der Waals surface area contributed by atoms with Crippen LogP contribution in [0.1, 0.15) is 15.9 Å². The first kappa shape index (κ1) is 14.3. The molecule has 0 aliphatic rings. The fourth-order valence-electron chi connectivity index (χ4n) is 1.60. The lowest BCUT2D eigenvalue weighted by Crippen LogP contribution is -2.12. The minimum absolute atomic E-state index is 0.159. The smallest absolute Gasteiger partial charge is 0.255 e. The van der Waals surface area contributed by atoms with E-state index in [4.69, 9.17) is 28.5 Å². The molecule has 0 bridgehead atoms. The number of benzene rings is 1. The van der Waals surface area contributed by atoms with Crippen LogP contribution in [0.4, 0.5) is 5.69 Å². The number of hydrogen-bond donors (Lipinski definition) is 1. The van der Waals surface area contributed by atoms with E-state index in [9.17, 15) is 4.79 Å². The summed E-state index contributed by atoms with van der Waals surface area (Å²) in [5.74, 6) is -0.329. The Hall–Kier alpha value is -2.09. The molecule has 0 saturated carbocycles. The average molecular weight is 306 g/mol. The van der Waals surface area contributed by atoms with Gasteiger partial charge in [0.1, 0.15) is 10.3 Å². The molecule has 2 rings (SSSR count). The van der Waals surface area contributed by atoms with Gasteiger partial charge in [-0.2, -0.15) is 5.26 Å². The SMILES string of the molecule is N#CCc1ccc(NC(=O)c2cc(Cl)nc(Cl)c2)cc1. The summed E-state index contributed by atoms with van der Waals surface area (Å²) in [5.41, 5.74) is 1.84. The van der Waals surface area contributed by atoms with Crippen molar-refractivity contribution in [1.29, 1.82) is 5.26 Å². The molecule has 4 nitrogen and oxygen atoms in total. The van der Waals surface area contributed by atoms with Gasteiger partial charge in [-0.1, -0.05) is 35.3 Å². The zero-order valence-corrected chi connectivity index (χ0v) is 11.7. The van der Waals surface area contributed by atoms with Crippen LogP contribution in [-0.4, -0.2) is 10.9 Å². The Morgan fingerprint density at radius 2 is 1.80 bits per heavy atom. The number of pyridine rings is 1. The molecule has 6 heteroatoms. The van der Waals surface area contributed by atoms with Crippen LogP contribution in [0.15, 0.2) is 36.4 Å². The van der Waals surface area contributed by atoms with Gasteiger partial charge in [-0.3, -0.25) is 4.79 Å². The molecule has 1 N–H and O–H groups in total. The topological polar surface area (TPSA) is 65.8 Å². The van der Waals surface area contributed by atoms with Crippen LogP contribution in [0.2, 0.25) is 10.3 Å². The summed E-state index contributed by atoms with van der Waals surface area (Å²) in [7, 11) is 0. The van der Waals surface area contributed by atoms with E-state index in [0.717, 1.165) is 5.56 Å². The predicted molar refractivity (Wildman–Crippen MR) is 78.0 cm³/mol. The Kier molecular flexibility index (Phi) is 4.57. The van der Waals surface area contributed by atoms with E-state index in [2.05, 4.69) is 16.4 Å². The van der Waals surface area contributed by atoms with Crippen LogP contribution in [0.5, 0.6) is 0 Å². The van der Waals surface area contributed by atoms with Gasteiger partial charge in [0.25, 0.3) is 5.91 Å². The molecule has 20 heavy (non-hydrogen) atoms. The van der Waals surface area contributed by atoms with Gasteiger partial charge in [0, 0.05) is 11.3 Å². The normalized spacial score (nSPS) is 9.85. The van der Waals surface area contributed by atoms with Gasteiger partial charge in [-0.15, -0.1) is 0 Å². The molecule has 0 radical (unpaired) electrons. The number of halogens is 2. The van der Waals surface area contributed by atoms with E-state index < -0.39 is 0 Å². The van der Waals surface area contributed by atoms with Crippen LogP contribution in [-0.2, 0) is 6.42 Å². The minimum atomic E-state index is -0.329. The number of carbonyl (C=O) groups excluding carboxylic acids is 1. The van der Waals surface area contributed by atoms with Crippen LogP contribution in [0.25, 0.3) is 0 Å². The molecule has 2 aromatic rings. The Morgan fingerprint density at radius 3 is 2.35 bits per heavy atom. The number of carbonyl (C=O) groups is 1. The van der Waals surface area contributed by atoms with Crippen LogP contribution in [0.3, 0.4) is 0 Å². The molecule has 0 saturated heterocycles. The van der Waals surface area contributed by atoms with Gasteiger partial charge in [0.05, 0.1) is 12.5 Å². The number of nitrogens with one attached hydrogen (secondary N) is 1. The first-order valence-electron chi connectivity index (χ1n) is 5.69. The second kappa shape index (κ2) is 6.38. The van der Waals surface area contributed by atoms with Crippen molar-refractivity contribution >= 4 is 34.8 Å². The molecule has 0 unspecified atom stereocenters. The van der Waals surface area contributed by atoms with Crippen LogP contribution in [0, 0.1) is 11.3 Å². The highest BCUT2D eigenvalue weighted by Gasteiger charge is 2.09. The molecule has 1 amide bonds. The maximum atomic E-state index is 12.0. The molecular formula is C14H9Cl2N3O. The Balaban J connectivity index is 2.13. The van der Waals surface area contributed by atoms with E-state index in [1.807, 2.05) is 0 Å². The predicted octanol–water partition coefficient (Wildman–Crippen LogP) is 3.71. The first-order valence-corrected chi connectivity index (χ1v) is 6.44. The third kappa shape index (κ3) is 3.70. The van der Waals surface area contributed by atoms with Crippen molar-refractivity contribution in [2.45, 2.75) is 6.42 Å². The highest BCUT2D eigenvalue weighted by Crippen LogP contribution is 2.17. The summed E-state index contributed by atoms with van der Waals surface area (Å²) in [5, 5.41) is 11.6. The zero-order chi connectivity index (χ0) is 14.5. The lowest BCUT2D eigenvalue weighted by atomic mass is 10.1.